The number of fused-ring (bicyclic) bond motifs is 6. The second-order valence-corrected chi connectivity index (χ2v) is 14.0. The van der Waals surface area contributed by atoms with Gasteiger partial charge in [0, 0.05) is 46.7 Å². The second kappa shape index (κ2) is 12.6. The molecule has 0 atom stereocenters. The standard InChI is InChI=1S/C39H43N5O5/c1-39(2,38-40-30-14-10-26(21-31(30)41-38)37(46)43-15-18-48-19-16-43)42-36(45)25-9-12-28-32(22-25)44-17-20-49-33-23-27(47-3)11-13-29(33)35(44)34(28)24-7-5-4-6-8-24/h9-14,21-24H,4-8,15-20H2,1-3H3,(H,40,41)(H,42,45). The normalized spacial score (nSPS) is 16.9. The molecule has 49 heavy (non-hydrogen) atoms. The Morgan fingerprint density at radius 1 is 0.939 bits per heavy atom. The van der Waals surface area contributed by atoms with Gasteiger partial charge in [0.1, 0.15) is 23.9 Å². The lowest BCUT2D eigenvalue weighted by Gasteiger charge is -2.26. The van der Waals surface area contributed by atoms with Gasteiger partial charge in [0.2, 0.25) is 0 Å². The lowest BCUT2D eigenvalue weighted by Crippen LogP contribution is -2.41. The van der Waals surface area contributed by atoms with Crippen LogP contribution in [-0.2, 0) is 16.8 Å². The van der Waals surface area contributed by atoms with Gasteiger partial charge in [-0.2, -0.15) is 0 Å². The summed E-state index contributed by atoms with van der Waals surface area (Å²) in [6.45, 7) is 7.35. The van der Waals surface area contributed by atoms with Crippen LogP contribution in [0.1, 0.15) is 84.0 Å². The minimum Gasteiger partial charge on any atom is -0.497 e. The van der Waals surface area contributed by atoms with Crippen LogP contribution in [0.25, 0.3) is 33.2 Å². The number of aromatic amines is 1. The number of nitrogens with one attached hydrogen (secondary N) is 2. The summed E-state index contributed by atoms with van der Waals surface area (Å²) in [5.41, 5.74) is 6.56. The third-order valence-corrected chi connectivity index (χ3v) is 10.4. The molecule has 3 aromatic carbocycles. The summed E-state index contributed by atoms with van der Waals surface area (Å²) >= 11 is 0. The lowest BCUT2D eigenvalue weighted by molar-refractivity contribution is 0.0303. The largest absolute Gasteiger partial charge is 0.497 e. The molecule has 1 aliphatic carbocycles. The van der Waals surface area contributed by atoms with E-state index in [0.717, 1.165) is 46.5 Å². The van der Waals surface area contributed by atoms with Gasteiger partial charge >= 0.3 is 0 Å². The van der Waals surface area contributed by atoms with E-state index in [1.807, 2.05) is 61.2 Å². The molecular formula is C39H43N5O5. The number of amides is 2. The van der Waals surface area contributed by atoms with Crippen molar-refractivity contribution in [2.75, 3.05) is 40.0 Å². The number of carbonyl (C=O) groups excluding carboxylic acids is 2. The Morgan fingerprint density at radius 3 is 2.53 bits per heavy atom. The molecule has 2 aromatic heterocycles. The molecule has 1 saturated carbocycles. The number of hydrogen-bond donors (Lipinski definition) is 2. The van der Waals surface area contributed by atoms with Crippen LogP contribution in [0.15, 0.2) is 54.6 Å². The molecule has 0 unspecified atom stereocenters. The van der Waals surface area contributed by atoms with Crippen LogP contribution in [0.2, 0.25) is 0 Å². The van der Waals surface area contributed by atoms with Crippen molar-refractivity contribution in [3.05, 3.63) is 77.1 Å². The average molecular weight is 662 g/mol. The second-order valence-electron chi connectivity index (χ2n) is 14.0. The van der Waals surface area contributed by atoms with E-state index in [-0.39, 0.29) is 11.8 Å². The van der Waals surface area contributed by atoms with Crippen molar-refractivity contribution in [2.45, 2.75) is 64.0 Å². The van der Waals surface area contributed by atoms with Crippen LogP contribution in [0.3, 0.4) is 0 Å². The summed E-state index contributed by atoms with van der Waals surface area (Å²) in [4.78, 5) is 37.1. The van der Waals surface area contributed by atoms with Gasteiger partial charge in [0.05, 0.1) is 49.1 Å². The first-order valence-electron chi connectivity index (χ1n) is 17.5. The number of nitrogens with zero attached hydrogens (tertiary/aromatic N) is 3. The first-order chi connectivity index (χ1) is 23.8. The number of imidazole rings is 1. The van der Waals surface area contributed by atoms with Gasteiger partial charge in [-0.1, -0.05) is 25.3 Å². The summed E-state index contributed by atoms with van der Waals surface area (Å²) in [5.74, 6) is 2.48. The molecule has 10 nitrogen and oxygen atoms in total. The van der Waals surface area contributed by atoms with Crippen LogP contribution < -0.4 is 14.8 Å². The highest BCUT2D eigenvalue weighted by molar-refractivity contribution is 6.02. The average Bonchev–Trinajstić information content (AvgIpc) is 3.65. The summed E-state index contributed by atoms with van der Waals surface area (Å²) < 4.78 is 19.6. The van der Waals surface area contributed by atoms with Gasteiger partial charge < -0.3 is 34.0 Å². The van der Waals surface area contributed by atoms with Gasteiger partial charge in [0.15, 0.2) is 0 Å². The van der Waals surface area contributed by atoms with E-state index in [9.17, 15) is 9.59 Å². The van der Waals surface area contributed by atoms with Crippen molar-refractivity contribution in [3.8, 4) is 22.8 Å². The molecule has 254 valence electrons. The minimum atomic E-state index is -0.811. The van der Waals surface area contributed by atoms with Crippen LogP contribution in [0.5, 0.6) is 11.5 Å². The Balaban J connectivity index is 1.11. The smallest absolute Gasteiger partial charge is 0.254 e. The number of methoxy groups -OCH3 is 1. The molecule has 0 bridgehead atoms. The molecule has 0 radical (unpaired) electrons. The van der Waals surface area contributed by atoms with Crippen molar-refractivity contribution in [1.82, 2.24) is 24.8 Å². The number of rotatable bonds is 6. The highest BCUT2D eigenvalue weighted by Crippen LogP contribution is 2.47. The van der Waals surface area contributed by atoms with E-state index < -0.39 is 5.54 Å². The Labute approximate surface area is 285 Å². The van der Waals surface area contributed by atoms with Crippen molar-refractivity contribution in [3.63, 3.8) is 0 Å². The fraction of sp³-hybridized carbons (Fsp3) is 0.410. The molecular weight excluding hydrogens is 618 g/mol. The fourth-order valence-corrected chi connectivity index (χ4v) is 7.84. The van der Waals surface area contributed by atoms with Gasteiger partial charge in [-0.05, 0) is 80.6 Å². The van der Waals surface area contributed by atoms with Crippen molar-refractivity contribution in [2.24, 2.45) is 0 Å². The highest BCUT2D eigenvalue weighted by atomic mass is 16.5. The molecule has 0 spiro atoms. The van der Waals surface area contributed by atoms with E-state index >= 15 is 0 Å². The first-order valence-corrected chi connectivity index (χ1v) is 17.5. The molecule has 1 saturated heterocycles. The number of carbonyl (C=O) groups is 2. The molecule has 2 N–H and O–H groups in total. The van der Waals surface area contributed by atoms with Crippen LogP contribution >= 0.6 is 0 Å². The quantitative estimate of drug-likeness (QED) is 0.208. The fourth-order valence-electron chi connectivity index (χ4n) is 7.84. The number of morpholine rings is 1. The molecule has 2 fully saturated rings. The molecule has 10 heteroatoms. The van der Waals surface area contributed by atoms with Gasteiger partial charge in [0.25, 0.3) is 11.8 Å². The van der Waals surface area contributed by atoms with E-state index in [1.54, 1.807) is 7.11 Å². The lowest BCUT2D eigenvalue weighted by atomic mass is 9.81. The van der Waals surface area contributed by atoms with E-state index in [4.69, 9.17) is 19.2 Å². The van der Waals surface area contributed by atoms with Crippen molar-refractivity contribution >= 4 is 33.8 Å². The third kappa shape index (κ3) is 5.71. The number of hydrogen-bond acceptors (Lipinski definition) is 6. The maximum absolute atomic E-state index is 14.0. The number of H-pyrrole nitrogens is 1. The predicted octanol–water partition coefficient (Wildman–Crippen LogP) is 6.77. The van der Waals surface area contributed by atoms with Crippen LogP contribution in [0, 0.1) is 0 Å². The summed E-state index contributed by atoms with van der Waals surface area (Å²) in [7, 11) is 1.68. The summed E-state index contributed by atoms with van der Waals surface area (Å²) in [6.07, 6.45) is 6.06. The van der Waals surface area contributed by atoms with Gasteiger partial charge in [-0.3, -0.25) is 9.59 Å². The Morgan fingerprint density at radius 2 is 1.73 bits per heavy atom. The van der Waals surface area contributed by atoms with Gasteiger partial charge in [-0.15, -0.1) is 0 Å². The molecule has 3 aliphatic rings. The molecule has 5 aromatic rings. The highest BCUT2D eigenvalue weighted by Gasteiger charge is 2.31. The zero-order valence-electron chi connectivity index (χ0n) is 28.4. The van der Waals surface area contributed by atoms with Crippen molar-refractivity contribution in [1.29, 1.82) is 0 Å². The molecule has 2 aliphatic heterocycles. The monoisotopic (exact) mass is 661 g/mol. The number of aromatic nitrogens is 3. The van der Waals surface area contributed by atoms with Gasteiger partial charge in [-0.25, -0.2) is 4.98 Å². The van der Waals surface area contributed by atoms with Crippen LogP contribution in [-0.4, -0.2) is 71.3 Å². The number of ether oxygens (including phenoxy) is 3. The Bertz CT molecular complexity index is 2070. The van der Waals surface area contributed by atoms with Crippen molar-refractivity contribution < 1.29 is 23.8 Å². The minimum absolute atomic E-state index is 0.0194. The van der Waals surface area contributed by atoms with Crippen LogP contribution in [0.4, 0.5) is 0 Å². The van der Waals surface area contributed by atoms with E-state index in [0.29, 0.717) is 62.3 Å². The van der Waals surface area contributed by atoms with E-state index in [2.05, 4.69) is 27.0 Å². The topological polar surface area (TPSA) is 111 Å². The maximum Gasteiger partial charge on any atom is 0.254 e. The Kier molecular flexibility index (Phi) is 8.06. The van der Waals surface area contributed by atoms with E-state index in [1.165, 1.54) is 35.9 Å². The summed E-state index contributed by atoms with van der Waals surface area (Å²) in [6, 6.07) is 17.7. The third-order valence-electron chi connectivity index (χ3n) is 10.4. The zero-order valence-corrected chi connectivity index (χ0v) is 28.4. The maximum atomic E-state index is 14.0. The molecule has 2 amide bonds. The number of benzene rings is 3. The SMILES string of the molecule is COc1ccc2c(c1)OCCn1c-2c(C2CCCCC2)c2ccc(C(=O)NC(C)(C)c3nc4ccc(C(=O)N5CCOCC5)cc4[nH]3)cc21. The predicted molar refractivity (Wildman–Crippen MR) is 189 cm³/mol. The molecule has 4 heterocycles. The zero-order chi connectivity index (χ0) is 33.7. The molecule has 8 rings (SSSR count). The summed E-state index contributed by atoms with van der Waals surface area (Å²) in [5, 5.41) is 4.43. The Hall–Kier alpha value is -4.83. The first kappa shape index (κ1) is 31.4.